The zero-order chi connectivity index (χ0) is 17.3. The molecule has 0 fully saturated rings. The number of hydrogen-bond donors (Lipinski definition) is 0. The van der Waals surface area contributed by atoms with Gasteiger partial charge in [0, 0.05) is 18.8 Å². The van der Waals surface area contributed by atoms with E-state index in [1.54, 1.807) is 5.19 Å². The van der Waals surface area contributed by atoms with Gasteiger partial charge in [-0.05, 0) is 41.5 Å². The molecule has 0 spiro atoms. The Morgan fingerprint density at radius 3 is 2.00 bits per heavy atom. The first-order chi connectivity index (χ1) is 12.3. The first-order valence-corrected chi connectivity index (χ1v) is 11.4. The van der Waals surface area contributed by atoms with Crippen LogP contribution in [0.2, 0.25) is 6.04 Å². The third-order valence-corrected chi connectivity index (χ3v) is 10.6. The molecule has 0 radical (unpaired) electrons. The van der Waals surface area contributed by atoms with Crippen LogP contribution in [0, 0.1) is 6.92 Å². The van der Waals surface area contributed by atoms with E-state index in [9.17, 15) is 0 Å². The summed E-state index contributed by atoms with van der Waals surface area (Å²) in [6.07, 6.45) is 0. The van der Waals surface area contributed by atoms with E-state index in [-0.39, 0.29) is 0 Å². The minimum atomic E-state index is -1.99. The van der Waals surface area contributed by atoms with E-state index < -0.39 is 8.07 Å². The van der Waals surface area contributed by atoms with Crippen LogP contribution < -0.4 is 20.5 Å². The van der Waals surface area contributed by atoms with Crippen molar-refractivity contribution in [2.45, 2.75) is 19.9 Å². The monoisotopic (exact) mass is 343 g/mol. The van der Waals surface area contributed by atoms with Crippen molar-refractivity contribution in [3.63, 3.8) is 0 Å². The minimum Gasteiger partial charge on any atom is -0.372 e. The van der Waals surface area contributed by atoms with Gasteiger partial charge in [0.05, 0.1) is 0 Å². The summed E-state index contributed by atoms with van der Waals surface area (Å²) in [4.78, 5) is 2.55. The van der Waals surface area contributed by atoms with Crippen molar-refractivity contribution < 1.29 is 0 Å². The topological polar surface area (TPSA) is 3.24 Å². The van der Waals surface area contributed by atoms with E-state index in [1.165, 1.54) is 27.7 Å². The van der Waals surface area contributed by atoms with Gasteiger partial charge in [0.2, 0.25) is 0 Å². The summed E-state index contributed by atoms with van der Waals surface area (Å²) >= 11 is 0. The molecule has 0 aliphatic carbocycles. The molecule has 0 unspecified atom stereocenters. The van der Waals surface area contributed by atoms with Crippen LogP contribution in [0.15, 0.2) is 78.9 Å². The van der Waals surface area contributed by atoms with Crippen molar-refractivity contribution >= 4 is 29.3 Å². The summed E-state index contributed by atoms with van der Waals surface area (Å²) in [7, 11) is -1.99. The largest absolute Gasteiger partial charge is 0.372 e. The average molecular weight is 344 g/mol. The maximum Gasteiger partial charge on any atom is 0.152 e. The second-order valence-electron chi connectivity index (χ2n) is 6.99. The summed E-state index contributed by atoms with van der Waals surface area (Å²) in [5.74, 6) is 0. The van der Waals surface area contributed by atoms with E-state index in [0.717, 1.165) is 13.1 Å². The highest BCUT2D eigenvalue weighted by molar-refractivity contribution is 7.12. The average Bonchev–Trinajstić information content (AvgIpc) is 2.68. The molecular formula is C23H25NSi. The summed E-state index contributed by atoms with van der Waals surface area (Å²) in [6, 6.07) is 30.8. The molecular weight excluding hydrogens is 318 g/mol. The molecule has 25 heavy (non-hydrogen) atoms. The van der Waals surface area contributed by atoms with Crippen LogP contribution in [0.4, 0.5) is 5.69 Å². The predicted octanol–water partition coefficient (Wildman–Crippen LogP) is 3.31. The highest BCUT2D eigenvalue weighted by atomic mass is 28.3. The quantitative estimate of drug-likeness (QED) is 0.660. The molecule has 3 aromatic carbocycles. The van der Waals surface area contributed by atoms with Gasteiger partial charge in [-0.2, -0.15) is 0 Å². The molecule has 0 amide bonds. The zero-order valence-corrected chi connectivity index (χ0v) is 16.1. The van der Waals surface area contributed by atoms with Gasteiger partial charge < -0.3 is 4.90 Å². The smallest absolute Gasteiger partial charge is 0.152 e. The molecule has 0 saturated heterocycles. The molecule has 0 atom stereocenters. The van der Waals surface area contributed by atoms with Gasteiger partial charge in [-0.3, -0.25) is 0 Å². The lowest BCUT2D eigenvalue weighted by Gasteiger charge is -2.43. The van der Waals surface area contributed by atoms with Gasteiger partial charge in [-0.15, -0.1) is 0 Å². The molecule has 2 heteroatoms. The molecule has 1 aliphatic rings. The molecule has 126 valence electrons. The Morgan fingerprint density at radius 2 is 1.44 bits per heavy atom. The van der Waals surface area contributed by atoms with E-state index in [1.807, 2.05) is 0 Å². The lowest BCUT2D eigenvalue weighted by Crippen LogP contribution is -2.70. The first-order valence-electron chi connectivity index (χ1n) is 9.23. The van der Waals surface area contributed by atoms with Crippen LogP contribution in [0.25, 0.3) is 0 Å². The fourth-order valence-electron chi connectivity index (χ4n) is 4.37. The van der Waals surface area contributed by atoms with Crippen LogP contribution in [0.3, 0.4) is 0 Å². The van der Waals surface area contributed by atoms with Crippen molar-refractivity contribution in [1.29, 1.82) is 0 Å². The Balaban J connectivity index is 2.05. The molecule has 4 rings (SSSR count). The van der Waals surface area contributed by atoms with Crippen molar-refractivity contribution in [2.24, 2.45) is 0 Å². The van der Waals surface area contributed by atoms with Crippen LogP contribution in [-0.4, -0.2) is 21.2 Å². The fourth-order valence-corrected chi connectivity index (χ4v) is 9.45. The highest BCUT2D eigenvalue weighted by Crippen LogP contribution is 2.26. The summed E-state index contributed by atoms with van der Waals surface area (Å²) in [5, 5.41) is 4.64. The summed E-state index contributed by atoms with van der Waals surface area (Å²) in [5.41, 5.74) is 2.80. The third-order valence-electron chi connectivity index (χ3n) is 5.62. The standard InChI is InChI=1S/C23H25NSi/c1-3-24-16-17-25(20-10-6-4-7-11-20,21-12-8-5-9-13-21)23-18-19(2)14-15-22(23)24/h4-15,18H,3,16-17H2,1-2H3. The van der Waals surface area contributed by atoms with Gasteiger partial charge in [-0.1, -0.05) is 78.4 Å². The van der Waals surface area contributed by atoms with Gasteiger partial charge in [0.1, 0.15) is 0 Å². The van der Waals surface area contributed by atoms with Gasteiger partial charge in [0.25, 0.3) is 0 Å². The van der Waals surface area contributed by atoms with Gasteiger partial charge in [0.15, 0.2) is 8.07 Å². The number of benzene rings is 3. The number of aryl methyl sites for hydroxylation is 1. The summed E-state index contributed by atoms with van der Waals surface area (Å²) in [6.45, 7) is 6.70. The highest BCUT2D eigenvalue weighted by Gasteiger charge is 2.44. The third kappa shape index (κ3) is 2.61. The van der Waals surface area contributed by atoms with Crippen LogP contribution >= 0.6 is 0 Å². The number of anilines is 1. The summed E-state index contributed by atoms with van der Waals surface area (Å²) < 4.78 is 0. The van der Waals surface area contributed by atoms with Crippen molar-refractivity contribution in [3.8, 4) is 0 Å². The molecule has 0 N–H and O–H groups in total. The Labute approximate surface area is 152 Å². The number of hydrogen-bond acceptors (Lipinski definition) is 1. The normalized spacial score (nSPS) is 15.7. The molecule has 1 aliphatic heterocycles. The van der Waals surface area contributed by atoms with Gasteiger partial charge in [-0.25, -0.2) is 0 Å². The van der Waals surface area contributed by atoms with Crippen LogP contribution in [-0.2, 0) is 0 Å². The van der Waals surface area contributed by atoms with Gasteiger partial charge >= 0.3 is 0 Å². The van der Waals surface area contributed by atoms with Crippen LogP contribution in [0.5, 0.6) is 0 Å². The van der Waals surface area contributed by atoms with Crippen molar-refractivity contribution in [1.82, 2.24) is 0 Å². The Hall–Kier alpha value is -2.32. The molecule has 1 heterocycles. The lowest BCUT2D eigenvalue weighted by atomic mass is 10.2. The number of fused-ring (bicyclic) bond motifs is 1. The van der Waals surface area contributed by atoms with Crippen LogP contribution in [0.1, 0.15) is 12.5 Å². The molecule has 0 bridgehead atoms. The predicted molar refractivity (Wildman–Crippen MR) is 111 cm³/mol. The second-order valence-corrected chi connectivity index (χ2v) is 11.0. The maximum atomic E-state index is 2.55. The number of nitrogens with zero attached hydrogens (tertiary/aromatic N) is 1. The molecule has 0 saturated carbocycles. The molecule has 0 aromatic heterocycles. The molecule has 1 nitrogen and oxygen atoms in total. The SMILES string of the molecule is CCN1CC[Si](c2ccccc2)(c2ccccc2)c2cc(C)ccc21. The second kappa shape index (κ2) is 6.53. The van der Waals surface area contributed by atoms with Crippen molar-refractivity contribution in [2.75, 3.05) is 18.0 Å². The van der Waals surface area contributed by atoms with E-state index >= 15 is 0 Å². The van der Waals surface area contributed by atoms with E-state index in [2.05, 4.69) is 97.6 Å². The minimum absolute atomic E-state index is 1.07. The number of rotatable bonds is 3. The zero-order valence-electron chi connectivity index (χ0n) is 15.1. The molecule has 3 aromatic rings. The maximum absolute atomic E-state index is 2.55. The first kappa shape index (κ1) is 16.2. The Bertz CT molecular complexity index is 818. The lowest BCUT2D eigenvalue weighted by molar-refractivity contribution is 0.852. The fraction of sp³-hybridized carbons (Fsp3) is 0.217. The van der Waals surface area contributed by atoms with E-state index in [0.29, 0.717) is 0 Å². The van der Waals surface area contributed by atoms with E-state index in [4.69, 9.17) is 0 Å². The van der Waals surface area contributed by atoms with Crippen molar-refractivity contribution in [3.05, 3.63) is 84.4 Å². The Kier molecular flexibility index (Phi) is 4.22. The Morgan fingerprint density at radius 1 is 0.840 bits per heavy atom.